The van der Waals surface area contributed by atoms with Crippen molar-refractivity contribution in [2.24, 2.45) is 0 Å². The van der Waals surface area contributed by atoms with Gasteiger partial charge in [0.2, 0.25) is 0 Å². The highest BCUT2D eigenvalue weighted by Crippen LogP contribution is 2.29. The van der Waals surface area contributed by atoms with E-state index in [1.807, 2.05) is 30.0 Å². The molecule has 2 heterocycles. The molecule has 1 aliphatic rings. The zero-order valence-corrected chi connectivity index (χ0v) is 17.8. The molecule has 4 rings (SSSR count). The van der Waals surface area contributed by atoms with Gasteiger partial charge in [-0.15, -0.1) is 0 Å². The number of aryl methyl sites for hydroxylation is 1. The first kappa shape index (κ1) is 20.5. The van der Waals surface area contributed by atoms with E-state index >= 15 is 0 Å². The van der Waals surface area contributed by atoms with Crippen molar-refractivity contribution in [3.8, 4) is 5.75 Å². The molecule has 0 unspecified atom stereocenters. The van der Waals surface area contributed by atoms with Crippen LogP contribution in [0.25, 0.3) is 0 Å². The number of carbonyl (C=O) groups excluding carboxylic acids is 1. The van der Waals surface area contributed by atoms with Crippen molar-refractivity contribution in [1.82, 2.24) is 9.80 Å². The quantitative estimate of drug-likeness (QED) is 0.571. The standard InChI is InChI=1S/C24H25ClN2O3/c1-18-6-5-9-21(25)23(18)29-17-20-10-11-22(30-20)24(28)27-14-12-26(13-15-27)16-19-7-3-2-4-8-19/h2-11H,12-17H2,1H3. The molecule has 1 aromatic heterocycles. The van der Waals surface area contributed by atoms with Crippen molar-refractivity contribution < 1.29 is 13.9 Å². The number of rotatable bonds is 6. The fourth-order valence-corrected chi connectivity index (χ4v) is 3.90. The van der Waals surface area contributed by atoms with Gasteiger partial charge in [0.05, 0.1) is 5.02 Å². The average molecular weight is 425 g/mol. The first-order chi connectivity index (χ1) is 14.6. The number of amides is 1. The molecule has 1 saturated heterocycles. The Hall–Kier alpha value is -2.76. The number of ether oxygens (including phenoxy) is 1. The lowest BCUT2D eigenvalue weighted by molar-refractivity contribution is 0.0594. The second-order valence-electron chi connectivity index (χ2n) is 7.49. The number of para-hydroxylation sites is 1. The predicted molar refractivity (Wildman–Crippen MR) is 117 cm³/mol. The van der Waals surface area contributed by atoms with Crippen molar-refractivity contribution in [2.45, 2.75) is 20.1 Å². The number of nitrogens with zero attached hydrogens (tertiary/aromatic N) is 2. The van der Waals surface area contributed by atoms with E-state index in [2.05, 4.69) is 29.2 Å². The summed E-state index contributed by atoms with van der Waals surface area (Å²) >= 11 is 6.20. The molecule has 0 N–H and O–H groups in total. The predicted octanol–water partition coefficient (Wildman–Crippen LogP) is 4.78. The summed E-state index contributed by atoms with van der Waals surface area (Å²) in [4.78, 5) is 17.0. The molecule has 1 fully saturated rings. The molecule has 156 valence electrons. The number of benzene rings is 2. The molecule has 0 spiro atoms. The molecule has 30 heavy (non-hydrogen) atoms. The highest BCUT2D eigenvalue weighted by molar-refractivity contribution is 6.32. The van der Waals surface area contributed by atoms with E-state index in [4.69, 9.17) is 20.8 Å². The molecule has 0 bridgehead atoms. The Labute approximate surface area is 181 Å². The van der Waals surface area contributed by atoms with Crippen LogP contribution in [0.15, 0.2) is 65.1 Å². The van der Waals surface area contributed by atoms with Crippen LogP contribution in [0.3, 0.4) is 0 Å². The van der Waals surface area contributed by atoms with E-state index < -0.39 is 0 Å². The Morgan fingerprint density at radius 2 is 1.77 bits per heavy atom. The van der Waals surface area contributed by atoms with Gasteiger partial charge in [-0.25, -0.2) is 0 Å². The van der Waals surface area contributed by atoms with E-state index in [0.29, 0.717) is 35.4 Å². The summed E-state index contributed by atoms with van der Waals surface area (Å²) < 4.78 is 11.6. The first-order valence-electron chi connectivity index (χ1n) is 10.1. The Morgan fingerprint density at radius 1 is 1.00 bits per heavy atom. The smallest absolute Gasteiger partial charge is 0.289 e. The van der Waals surface area contributed by atoms with Crippen LogP contribution in [0.4, 0.5) is 0 Å². The maximum absolute atomic E-state index is 12.8. The van der Waals surface area contributed by atoms with Crippen LogP contribution in [0, 0.1) is 6.92 Å². The maximum atomic E-state index is 12.8. The Morgan fingerprint density at radius 3 is 2.50 bits per heavy atom. The SMILES string of the molecule is Cc1cccc(Cl)c1OCc1ccc(C(=O)N2CCN(Cc3ccccc3)CC2)o1. The van der Waals surface area contributed by atoms with Crippen LogP contribution in [-0.4, -0.2) is 41.9 Å². The van der Waals surface area contributed by atoms with Gasteiger partial charge in [0, 0.05) is 32.7 Å². The van der Waals surface area contributed by atoms with E-state index in [1.54, 1.807) is 18.2 Å². The fourth-order valence-electron chi connectivity index (χ4n) is 3.62. The van der Waals surface area contributed by atoms with Gasteiger partial charge in [0.15, 0.2) is 5.76 Å². The van der Waals surface area contributed by atoms with Gasteiger partial charge >= 0.3 is 0 Å². The molecule has 5 nitrogen and oxygen atoms in total. The molecule has 1 aliphatic heterocycles. The maximum Gasteiger partial charge on any atom is 0.289 e. The lowest BCUT2D eigenvalue weighted by Crippen LogP contribution is -2.48. The van der Waals surface area contributed by atoms with E-state index in [9.17, 15) is 4.79 Å². The van der Waals surface area contributed by atoms with Gasteiger partial charge in [-0.1, -0.05) is 54.1 Å². The monoisotopic (exact) mass is 424 g/mol. The first-order valence-corrected chi connectivity index (χ1v) is 10.5. The lowest BCUT2D eigenvalue weighted by Gasteiger charge is -2.34. The van der Waals surface area contributed by atoms with Gasteiger partial charge in [0.25, 0.3) is 5.91 Å². The number of carbonyl (C=O) groups is 1. The van der Waals surface area contributed by atoms with Gasteiger partial charge in [0.1, 0.15) is 18.1 Å². The minimum Gasteiger partial charge on any atom is -0.484 e. The third kappa shape index (κ3) is 4.86. The third-order valence-corrected chi connectivity index (χ3v) is 5.60. The van der Waals surface area contributed by atoms with Crippen LogP contribution < -0.4 is 4.74 Å². The number of hydrogen-bond donors (Lipinski definition) is 0. The normalized spacial score (nSPS) is 14.7. The zero-order valence-electron chi connectivity index (χ0n) is 17.0. The van der Waals surface area contributed by atoms with E-state index in [1.165, 1.54) is 5.56 Å². The summed E-state index contributed by atoms with van der Waals surface area (Å²) in [5, 5.41) is 0.561. The molecule has 0 saturated carbocycles. The molecule has 3 aromatic rings. The minimum absolute atomic E-state index is 0.0745. The van der Waals surface area contributed by atoms with Gasteiger partial charge in [-0.05, 0) is 36.2 Å². The van der Waals surface area contributed by atoms with Gasteiger partial charge in [-0.2, -0.15) is 0 Å². The van der Waals surface area contributed by atoms with Gasteiger partial charge < -0.3 is 14.1 Å². The summed E-state index contributed by atoms with van der Waals surface area (Å²) in [7, 11) is 0. The van der Waals surface area contributed by atoms with Crippen LogP contribution >= 0.6 is 11.6 Å². The second kappa shape index (κ2) is 9.37. The Kier molecular flexibility index (Phi) is 6.41. The average Bonchev–Trinajstić information content (AvgIpc) is 3.23. The molecule has 1 amide bonds. The van der Waals surface area contributed by atoms with E-state index in [-0.39, 0.29) is 12.5 Å². The highest BCUT2D eigenvalue weighted by Gasteiger charge is 2.24. The Balaban J connectivity index is 1.30. The summed E-state index contributed by atoms with van der Waals surface area (Å²) in [5.74, 6) is 1.51. The number of hydrogen-bond acceptors (Lipinski definition) is 4. The molecular formula is C24H25ClN2O3. The van der Waals surface area contributed by atoms with Crippen LogP contribution in [-0.2, 0) is 13.2 Å². The number of halogens is 1. The van der Waals surface area contributed by atoms with Crippen molar-refractivity contribution in [2.75, 3.05) is 26.2 Å². The molecule has 2 aromatic carbocycles. The molecule has 0 atom stereocenters. The molecule has 0 radical (unpaired) electrons. The number of furan rings is 1. The van der Waals surface area contributed by atoms with Crippen LogP contribution in [0.1, 0.15) is 27.4 Å². The van der Waals surface area contributed by atoms with Crippen molar-refractivity contribution in [3.63, 3.8) is 0 Å². The summed E-state index contributed by atoms with van der Waals surface area (Å²) in [5.41, 5.74) is 2.25. The molecule has 6 heteroatoms. The van der Waals surface area contributed by atoms with Gasteiger partial charge in [-0.3, -0.25) is 9.69 Å². The number of piperazine rings is 1. The Bertz CT molecular complexity index is 974. The van der Waals surface area contributed by atoms with Crippen molar-refractivity contribution >= 4 is 17.5 Å². The van der Waals surface area contributed by atoms with Crippen LogP contribution in [0.5, 0.6) is 5.75 Å². The minimum atomic E-state index is -0.0745. The van der Waals surface area contributed by atoms with Crippen LogP contribution in [0.2, 0.25) is 5.02 Å². The van der Waals surface area contributed by atoms with Crippen molar-refractivity contribution in [1.29, 1.82) is 0 Å². The zero-order chi connectivity index (χ0) is 20.9. The highest BCUT2D eigenvalue weighted by atomic mass is 35.5. The summed E-state index contributed by atoms with van der Waals surface area (Å²) in [6, 6.07) is 19.5. The third-order valence-electron chi connectivity index (χ3n) is 5.30. The summed E-state index contributed by atoms with van der Waals surface area (Å²) in [6.45, 7) is 6.16. The van der Waals surface area contributed by atoms with E-state index in [0.717, 1.165) is 25.2 Å². The lowest BCUT2D eigenvalue weighted by atomic mass is 10.2. The summed E-state index contributed by atoms with van der Waals surface area (Å²) in [6.07, 6.45) is 0. The second-order valence-corrected chi connectivity index (χ2v) is 7.90. The fraction of sp³-hybridized carbons (Fsp3) is 0.292. The molecule has 0 aliphatic carbocycles. The molecular weight excluding hydrogens is 400 g/mol. The largest absolute Gasteiger partial charge is 0.484 e. The topological polar surface area (TPSA) is 45.9 Å². The van der Waals surface area contributed by atoms with Crippen molar-refractivity contribution in [3.05, 3.63) is 88.3 Å².